The Labute approximate surface area is 209 Å². The smallest absolute Gasteiger partial charge is 0.175 e. The maximum atomic E-state index is 6.31. The van der Waals surface area contributed by atoms with Gasteiger partial charge in [0.1, 0.15) is 6.61 Å². The third-order valence-corrected chi connectivity index (χ3v) is 8.70. The highest BCUT2D eigenvalue weighted by Gasteiger charge is 2.47. The maximum Gasteiger partial charge on any atom is 0.175 e. The first kappa shape index (κ1) is 22.8. The van der Waals surface area contributed by atoms with Crippen molar-refractivity contribution in [3.63, 3.8) is 0 Å². The predicted octanol–water partition coefficient (Wildman–Crippen LogP) is 7.65. The molecule has 0 amide bonds. The lowest BCUT2D eigenvalue weighted by atomic mass is 9.54. The minimum Gasteiger partial charge on any atom is -0.490 e. The van der Waals surface area contributed by atoms with E-state index in [4.69, 9.17) is 32.7 Å². The summed E-state index contributed by atoms with van der Waals surface area (Å²) >= 11 is 16.0. The van der Waals surface area contributed by atoms with Crippen LogP contribution in [-0.2, 0) is 13.2 Å². The lowest BCUT2D eigenvalue weighted by Gasteiger charge is -2.54. The van der Waals surface area contributed by atoms with Gasteiger partial charge >= 0.3 is 0 Å². The first-order valence-corrected chi connectivity index (χ1v) is 13.3. The Kier molecular flexibility index (Phi) is 6.95. The molecular formula is C26H30BrCl2NO2. The minimum atomic E-state index is 0.347. The van der Waals surface area contributed by atoms with Crippen molar-refractivity contribution in [2.45, 2.75) is 58.2 Å². The Bertz CT molecular complexity index is 955. The Morgan fingerprint density at radius 1 is 0.969 bits per heavy atom. The van der Waals surface area contributed by atoms with E-state index in [1.165, 1.54) is 37.7 Å². The van der Waals surface area contributed by atoms with Gasteiger partial charge < -0.3 is 14.8 Å². The number of halogens is 3. The van der Waals surface area contributed by atoms with Crippen LogP contribution in [0, 0.1) is 23.7 Å². The van der Waals surface area contributed by atoms with E-state index in [0.29, 0.717) is 35.1 Å². The average Bonchev–Trinajstić information content (AvgIpc) is 2.73. The fourth-order valence-corrected chi connectivity index (χ4v) is 7.48. The molecule has 0 saturated heterocycles. The summed E-state index contributed by atoms with van der Waals surface area (Å²) in [6.07, 6.45) is 7.21. The predicted molar refractivity (Wildman–Crippen MR) is 134 cm³/mol. The van der Waals surface area contributed by atoms with Gasteiger partial charge in [0.25, 0.3) is 0 Å². The molecule has 4 saturated carbocycles. The van der Waals surface area contributed by atoms with Crippen LogP contribution < -0.4 is 14.8 Å². The molecule has 2 aromatic rings. The van der Waals surface area contributed by atoms with E-state index in [2.05, 4.69) is 33.4 Å². The van der Waals surface area contributed by atoms with Gasteiger partial charge in [-0.1, -0.05) is 29.3 Å². The first-order chi connectivity index (χ1) is 15.5. The third-order valence-electron chi connectivity index (χ3n) is 7.52. The monoisotopic (exact) mass is 537 g/mol. The van der Waals surface area contributed by atoms with Crippen molar-refractivity contribution in [3.05, 3.63) is 56.0 Å². The van der Waals surface area contributed by atoms with E-state index >= 15 is 0 Å². The van der Waals surface area contributed by atoms with Gasteiger partial charge in [-0.2, -0.15) is 0 Å². The molecule has 0 aliphatic heterocycles. The molecule has 0 heterocycles. The Morgan fingerprint density at radius 3 is 2.34 bits per heavy atom. The summed E-state index contributed by atoms with van der Waals surface area (Å²) in [4.78, 5) is 0. The topological polar surface area (TPSA) is 30.5 Å². The summed E-state index contributed by atoms with van der Waals surface area (Å²) in [5.74, 6) is 5.20. The van der Waals surface area contributed by atoms with Crippen LogP contribution in [0.4, 0.5) is 0 Å². The largest absolute Gasteiger partial charge is 0.490 e. The molecule has 0 spiro atoms. The Balaban J connectivity index is 1.28. The van der Waals surface area contributed by atoms with Crippen molar-refractivity contribution in [2.75, 3.05) is 6.61 Å². The zero-order valence-electron chi connectivity index (χ0n) is 18.4. The molecule has 1 N–H and O–H groups in total. The van der Waals surface area contributed by atoms with E-state index in [0.717, 1.165) is 46.0 Å². The van der Waals surface area contributed by atoms with Crippen LogP contribution in [0.15, 0.2) is 34.8 Å². The molecule has 4 fully saturated rings. The molecule has 0 atom stereocenters. The Morgan fingerprint density at radius 2 is 1.69 bits per heavy atom. The third kappa shape index (κ3) is 4.80. The van der Waals surface area contributed by atoms with Crippen molar-refractivity contribution in [2.24, 2.45) is 23.7 Å². The molecule has 0 unspecified atom stereocenters. The average molecular weight is 539 g/mol. The van der Waals surface area contributed by atoms with Gasteiger partial charge in [0.2, 0.25) is 0 Å². The lowest BCUT2D eigenvalue weighted by Crippen LogP contribution is -2.54. The van der Waals surface area contributed by atoms with Gasteiger partial charge in [-0.3, -0.25) is 0 Å². The molecule has 172 valence electrons. The number of hydrogen-bond acceptors (Lipinski definition) is 3. The molecule has 0 radical (unpaired) electrons. The van der Waals surface area contributed by atoms with E-state index in [-0.39, 0.29) is 0 Å². The molecule has 4 aliphatic carbocycles. The van der Waals surface area contributed by atoms with Gasteiger partial charge in [0.15, 0.2) is 11.5 Å². The number of nitrogens with one attached hydrogen (secondary N) is 1. The van der Waals surface area contributed by atoms with Gasteiger partial charge in [0.05, 0.1) is 11.1 Å². The molecule has 6 heteroatoms. The molecule has 4 bridgehead atoms. The summed E-state index contributed by atoms with van der Waals surface area (Å²) in [6, 6.07) is 10.4. The van der Waals surface area contributed by atoms with E-state index < -0.39 is 0 Å². The van der Waals surface area contributed by atoms with Crippen molar-refractivity contribution in [3.8, 4) is 11.5 Å². The zero-order valence-corrected chi connectivity index (χ0v) is 21.5. The number of hydrogen-bond donors (Lipinski definition) is 1. The molecule has 2 aromatic carbocycles. The summed E-state index contributed by atoms with van der Waals surface area (Å²) in [6.45, 7) is 3.78. The molecule has 32 heavy (non-hydrogen) atoms. The second-order valence-electron chi connectivity index (χ2n) is 9.70. The van der Waals surface area contributed by atoms with Crippen LogP contribution in [0.5, 0.6) is 11.5 Å². The van der Waals surface area contributed by atoms with Crippen LogP contribution in [0.25, 0.3) is 0 Å². The van der Waals surface area contributed by atoms with Crippen molar-refractivity contribution < 1.29 is 9.47 Å². The lowest BCUT2D eigenvalue weighted by molar-refractivity contribution is -0.0142. The van der Waals surface area contributed by atoms with Crippen LogP contribution in [-0.4, -0.2) is 12.6 Å². The highest BCUT2D eigenvalue weighted by Crippen LogP contribution is 2.53. The molecule has 4 aliphatic rings. The summed E-state index contributed by atoms with van der Waals surface area (Å²) in [7, 11) is 0. The second kappa shape index (κ2) is 9.74. The zero-order chi connectivity index (χ0) is 22.2. The standard InChI is InChI=1S/C26H30BrCl2NO2/c1-2-31-24-11-17(13-30-25-19-6-15-5-16(8-19)9-20(25)7-15)10-22(27)26(24)32-14-18-3-4-21(28)12-23(18)29/h3-4,10-12,15-16,19-20,25,30H,2,5-9,13-14H2,1H3. The van der Waals surface area contributed by atoms with Gasteiger partial charge in [-0.05, 0) is 108 Å². The highest BCUT2D eigenvalue weighted by atomic mass is 79.9. The van der Waals surface area contributed by atoms with Crippen LogP contribution >= 0.6 is 39.1 Å². The molecular weight excluding hydrogens is 509 g/mol. The summed E-state index contributed by atoms with van der Waals surface area (Å²) in [5, 5.41) is 5.14. The van der Waals surface area contributed by atoms with Crippen LogP contribution in [0.3, 0.4) is 0 Å². The summed E-state index contributed by atoms with van der Waals surface area (Å²) in [5.41, 5.74) is 2.10. The van der Waals surface area contributed by atoms with Crippen molar-refractivity contribution in [1.82, 2.24) is 5.32 Å². The van der Waals surface area contributed by atoms with Crippen LogP contribution in [0.2, 0.25) is 10.0 Å². The number of rotatable bonds is 8. The fraction of sp³-hybridized carbons (Fsp3) is 0.538. The second-order valence-corrected chi connectivity index (χ2v) is 11.4. The van der Waals surface area contributed by atoms with E-state index in [1.54, 1.807) is 6.07 Å². The fourth-order valence-electron chi connectivity index (χ4n) is 6.41. The van der Waals surface area contributed by atoms with Crippen LogP contribution in [0.1, 0.15) is 50.2 Å². The van der Waals surface area contributed by atoms with Gasteiger partial charge in [-0.15, -0.1) is 0 Å². The maximum absolute atomic E-state index is 6.31. The Hall–Kier alpha value is -0.940. The molecule has 0 aromatic heterocycles. The van der Waals surface area contributed by atoms with E-state index in [1.807, 2.05) is 19.1 Å². The summed E-state index contributed by atoms with van der Waals surface area (Å²) < 4.78 is 13.0. The minimum absolute atomic E-state index is 0.347. The molecule has 6 rings (SSSR count). The van der Waals surface area contributed by atoms with E-state index in [9.17, 15) is 0 Å². The number of benzene rings is 2. The number of ether oxygens (including phenoxy) is 2. The van der Waals surface area contributed by atoms with Gasteiger partial charge in [0, 0.05) is 28.2 Å². The molecule has 3 nitrogen and oxygen atoms in total. The highest BCUT2D eigenvalue weighted by molar-refractivity contribution is 9.10. The normalized spacial score (nSPS) is 28.2. The van der Waals surface area contributed by atoms with Crippen molar-refractivity contribution in [1.29, 1.82) is 0 Å². The van der Waals surface area contributed by atoms with Crippen molar-refractivity contribution >= 4 is 39.1 Å². The SMILES string of the molecule is CCOc1cc(CNC2C3CC4CC(C3)CC2C4)cc(Br)c1OCc1ccc(Cl)cc1Cl. The first-order valence-electron chi connectivity index (χ1n) is 11.8. The van der Waals surface area contributed by atoms with Gasteiger partial charge in [-0.25, -0.2) is 0 Å². The quantitative estimate of drug-likeness (QED) is 0.374.